The molecule has 2 N–H and O–H groups in total. The number of rotatable bonds is 7. The maximum atomic E-state index is 12.2. The monoisotopic (exact) mass is 334 g/mol. The van der Waals surface area contributed by atoms with Crippen molar-refractivity contribution in [1.29, 1.82) is 0 Å². The number of carbonyl (C=O) groups is 1. The number of nitrogens with zero attached hydrogens (tertiary/aromatic N) is 1. The molecule has 0 spiro atoms. The molecule has 1 fully saturated rings. The molecule has 0 atom stereocenters. The van der Waals surface area contributed by atoms with Crippen LogP contribution in [0.5, 0.6) is 5.75 Å². The second kappa shape index (κ2) is 8.38. The van der Waals surface area contributed by atoms with E-state index in [4.69, 9.17) is 4.74 Å². The van der Waals surface area contributed by atoms with Gasteiger partial charge in [0.15, 0.2) is 6.54 Å². The van der Waals surface area contributed by atoms with Crippen LogP contribution in [0.1, 0.15) is 34.1 Å². The number of hydrogen-bond acceptors (Lipinski definition) is 3. The van der Waals surface area contributed by atoms with Gasteiger partial charge in [0.25, 0.3) is 5.91 Å². The largest absolute Gasteiger partial charge is 0.492 e. The first-order valence-electron chi connectivity index (χ1n) is 9.06. The Labute approximate surface area is 146 Å². The summed E-state index contributed by atoms with van der Waals surface area (Å²) in [6.07, 6.45) is 0.941. The maximum absolute atomic E-state index is 12.2. The molecule has 1 aliphatic heterocycles. The Bertz CT molecular complexity index is 537. The summed E-state index contributed by atoms with van der Waals surface area (Å²) in [4.78, 5) is 15.9. The summed E-state index contributed by atoms with van der Waals surface area (Å²) in [5.74, 6) is 1.10. The highest BCUT2D eigenvalue weighted by Gasteiger charge is 2.26. The van der Waals surface area contributed by atoms with Crippen molar-refractivity contribution in [3.63, 3.8) is 0 Å². The first-order chi connectivity index (χ1) is 11.4. The highest BCUT2D eigenvalue weighted by atomic mass is 16.5. The molecule has 0 saturated carbocycles. The Kier molecular flexibility index (Phi) is 6.49. The molecule has 1 saturated heterocycles. The van der Waals surface area contributed by atoms with Crippen molar-refractivity contribution >= 4 is 11.6 Å². The smallest absolute Gasteiger partial charge is 0.275 e. The average molecular weight is 334 g/mol. The number of anilines is 1. The summed E-state index contributed by atoms with van der Waals surface area (Å²) >= 11 is 0. The van der Waals surface area contributed by atoms with Crippen LogP contribution in [0.15, 0.2) is 24.3 Å². The van der Waals surface area contributed by atoms with E-state index in [9.17, 15) is 4.79 Å². The van der Waals surface area contributed by atoms with E-state index in [2.05, 4.69) is 43.1 Å². The van der Waals surface area contributed by atoms with Gasteiger partial charge in [0, 0.05) is 5.54 Å². The van der Waals surface area contributed by atoms with Crippen LogP contribution in [-0.2, 0) is 4.79 Å². The minimum Gasteiger partial charge on any atom is -0.492 e. The Hall–Kier alpha value is -1.75. The van der Waals surface area contributed by atoms with Gasteiger partial charge in [0.2, 0.25) is 0 Å². The molecule has 0 aromatic heterocycles. The average Bonchev–Trinajstić information content (AvgIpc) is 2.56. The summed E-state index contributed by atoms with van der Waals surface area (Å²) in [7, 11) is 0. The molecule has 2 rings (SSSR count). The van der Waals surface area contributed by atoms with Crippen molar-refractivity contribution in [3.05, 3.63) is 24.3 Å². The van der Waals surface area contributed by atoms with E-state index in [1.807, 2.05) is 19.1 Å². The molecule has 134 valence electrons. The van der Waals surface area contributed by atoms with Crippen molar-refractivity contribution in [2.75, 3.05) is 44.2 Å². The van der Waals surface area contributed by atoms with Crippen molar-refractivity contribution in [2.24, 2.45) is 0 Å². The Balaban J connectivity index is 1.87. The molecule has 0 bridgehead atoms. The van der Waals surface area contributed by atoms with Gasteiger partial charge >= 0.3 is 0 Å². The second-order valence-corrected chi connectivity index (χ2v) is 7.10. The van der Waals surface area contributed by atoms with E-state index >= 15 is 0 Å². The predicted molar refractivity (Wildman–Crippen MR) is 97.9 cm³/mol. The molecule has 1 aromatic rings. The minimum atomic E-state index is -0.116. The van der Waals surface area contributed by atoms with E-state index in [1.54, 1.807) is 0 Å². The second-order valence-electron chi connectivity index (χ2n) is 7.10. The van der Waals surface area contributed by atoms with E-state index in [1.165, 1.54) is 4.90 Å². The van der Waals surface area contributed by atoms with Gasteiger partial charge in [-0.05, 0) is 39.3 Å². The Morgan fingerprint density at radius 2 is 1.92 bits per heavy atom. The molecule has 0 radical (unpaired) electrons. The number of benzene rings is 1. The van der Waals surface area contributed by atoms with Gasteiger partial charge in [-0.1, -0.05) is 19.1 Å². The van der Waals surface area contributed by atoms with Gasteiger partial charge in [0.1, 0.15) is 5.75 Å². The van der Waals surface area contributed by atoms with E-state index < -0.39 is 0 Å². The fourth-order valence-electron chi connectivity index (χ4n) is 2.97. The molecule has 1 amide bonds. The molecule has 0 unspecified atom stereocenters. The lowest BCUT2D eigenvalue weighted by atomic mass is 10.0. The third kappa shape index (κ3) is 5.13. The molecule has 24 heavy (non-hydrogen) atoms. The van der Waals surface area contributed by atoms with Crippen molar-refractivity contribution < 1.29 is 14.4 Å². The maximum Gasteiger partial charge on any atom is 0.275 e. The fourth-order valence-corrected chi connectivity index (χ4v) is 2.97. The highest BCUT2D eigenvalue weighted by molar-refractivity contribution is 5.77. The van der Waals surface area contributed by atoms with Crippen LogP contribution in [0.25, 0.3) is 0 Å². The summed E-state index contributed by atoms with van der Waals surface area (Å²) in [5, 5.41) is 3.13. The van der Waals surface area contributed by atoms with Crippen LogP contribution in [0.2, 0.25) is 0 Å². The number of carbonyl (C=O) groups excluding carboxylic acids is 1. The normalized spacial score (nSPS) is 16.1. The van der Waals surface area contributed by atoms with E-state index in [0.29, 0.717) is 13.2 Å². The first kappa shape index (κ1) is 18.6. The minimum absolute atomic E-state index is 0.116. The SMILES string of the molecule is CCOc1ccccc1N1CC[NH+](CC(=O)NC(C)(C)CC)CC1. The molecule has 1 heterocycles. The number of amides is 1. The van der Waals surface area contributed by atoms with Crippen LogP contribution in [0.4, 0.5) is 5.69 Å². The molecule has 5 nitrogen and oxygen atoms in total. The predicted octanol–water partition coefficient (Wildman–Crippen LogP) is 1.10. The Morgan fingerprint density at radius 1 is 1.25 bits per heavy atom. The van der Waals surface area contributed by atoms with Crippen LogP contribution >= 0.6 is 0 Å². The number of piperazine rings is 1. The van der Waals surface area contributed by atoms with Crippen LogP contribution in [-0.4, -0.2) is 50.8 Å². The van der Waals surface area contributed by atoms with Gasteiger partial charge in [-0.25, -0.2) is 0 Å². The van der Waals surface area contributed by atoms with Crippen LogP contribution in [0, 0.1) is 0 Å². The molecule has 1 aromatic carbocycles. The van der Waals surface area contributed by atoms with E-state index in [-0.39, 0.29) is 11.4 Å². The number of nitrogens with one attached hydrogen (secondary N) is 2. The van der Waals surface area contributed by atoms with Crippen molar-refractivity contribution in [2.45, 2.75) is 39.7 Å². The van der Waals surface area contributed by atoms with Crippen molar-refractivity contribution in [1.82, 2.24) is 5.32 Å². The third-order valence-corrected chi connectivity index (χ3v) is 4.75. The zero-order valence-corrected chi connectivity index (χ0v) is 15.5. The molecule has 0 aliphatic carbocycles. The zero-order chi connectivity index (χ0) is 17.6. The van der Waals surface area contributed by atoms with Gasteiger partial charge < -0.3 is 19.9 Å². The number of para-hydroxylation sites is 2. The third-order valence-electron chi connectivity index (χ3n) is 4.75. The summed E-state index contributed by atoms with van der Waals surface area (Å²) in [5.41, 5.74) is 1.05. The summed E-state index contributed by atoms with van der Waals surface area (Å²) in [6.45, 7) is 13.3. The highest BCUT2D eigenvalue weighted by Crippen LogP contribution is 2.27. The molecule has 5 heteroatoms. The van der Waals surface area contributed by atoms with Crippen LogP contribution in [0.3, 0.4) is 0 Å². The molecular weight excluding hydrogens is 302 g/mol. The topological polar surface area (TPSA) is 46.0 Å². The molecular formula is C19H32N3O2+. The molecule has 1 aliphatic rings. The van der Waals surface area contributed by atoms with Crippen molar-refractivity contribution in [3.8, 4) is 5.75 Å². The van der Waals surface area contributed by atoms with Gasteiger partial charge in [-0.3, -0.25) is 4.79 Å². The lowest BCUT2D eigenvalue weighted by Gasteiger charge is -2.34. The quantitative estimate of drug-likeness (QED) is 0.785. The Morgan fingerprint density at radius 3 is 2.54 bits per heavy atom. The lowest BCUT2D eigenvalue weighted by Crippen LogP contribution is -3.16. The number of quaternary nitrogens is 1. The fraction of sp³-hybridized carbons (Fsp3) is 0.632. The van der Waals surface area contributed by atoms with E-state index in [0.717, 1.165) is 44.0 Å². The lowest BCUT2D eigenvalue weighted by molar-refractivity contribution is -0.892. The zero-order valence-electron chi connectivity index (χ0n) is 15.5. The standard InChI is InChI=1S/C19H31N3O2/c1-5-19(3,4)20-18(23)15-21-11-13-22(14-12-21)16-9-7-8-10-17(16)24-6-2/h7-10H,5-6,11-15H2,1-4H3,(H,20,23)/p+1. The number of hydrogen-bond donors (Lipinski definition) is 2. The summed E-state index contributed by atoms with van der Waals surface area (Å²) < 4.78 is 5.74. The number of ether oxygens (including phenoxy) is 1. The van der Waals surface area contributed by atoms with Gasteiger partial charge in [0.05, 0.1) is 38.5 Å². The van der Waals surface area contributed by atoms with Crippen LogP contribution < -0.4 is 19.9 Å². The first-order valence-corrected chi connectivity index (χ1v) is 9.06. The summed E-state index contributed by atoms with van der Waals surface area (Å²) in [6, 6.07) is 8.21. The van der Waals surface area contributed by atoms with Gasteiger partial charge in [-0.2, -0.15) is 0 Å². The van der Waals surface area contributed by atoms with Gasteiger partial charge in [-0.15, -0.1) is 0 Å².